The summed E-state index contributed by atoms with van der Waals surface area (Å²) in [6, 6.07) is 3.01. The van der Waals surface area contributed by atoms with Crippen molar-refractivity contribution in [2.24, 2.45) is 0 Å². The SMILES string of the molecule is Nc1cc2c(=O)[nH]cnc2cc1NCC(=O)O. The highest BCUT2D eigenvalue weighted by Gasteiger charge is 2.06. The van der Waals surface area contributed by atoms with E-state index in [0.29, 0.717) is 22.3 Å². The van der Waals surface area contributed by atoms with Crippen molar-refractivity contribution in [1.82, 2.24) is 9.97 Å². The van der Waals surface area contributed by atoms with Crippen LogP contribution in [0.5, 0.6) is 0 Å². The van der Waals surface area contributed by atoms with Gasteiger partial charge in [0.15, 0.2) is 0 Å². The second kappa shape index (κ2) is 4.12. The van der Waals surface area contributed by atoms with E-state index in [9.17, 15) is 9.59 Å². The van der Waals surface area contributed by atoms with E-state index in [-0.39, 0.29) is 12.1 Å². The van der Waals surface area contributed by atoms with Crippen molar-refractivity contribution in [2.45, 2.75) is 0 Å². The number of aromatic nitrogens is 2. The van der Waals surface area contributed by atoms with E-state index in [1.54, 1.807) is 6.07 Å². The first-order chi connectivity index (χ1) is 8.08. The molecular formula is C10H10N4O3. The predicted molar refractivity (Wildman–Crippen MR) is 62.9 cm³/mol. The Labute approximate surface area is 95.3 Å². The second-order valence-electron chi connectivity index (χ2n) is 3.44. The van der Waals surface area contributed by atoms with E-state index in [1.165, 1.54) is 12.4 Å². The van der Waals surface area contributed by atoms with Gasteiger partial charge in [0.05, 0.1) is 28.6 Å². The second-order valence-corrected chi connectivity index (χ2v) is 3.44. The van der Waals surface area contributed by atoms with Crippen LogP contribution in [-0.4, -0.2) is 27.6 Å². The number of H-pyrrole nitrogens is 1. The van der Waals surface area contributed by atoms with Crippen LogP contribution >= 0.6 is 0 Å². The van der Waals surface area contributed by atoms with Crippen molar-refractivity contribution in [3.8, 4) is 0 Å². The number of nitrogen functional groups attached to an aromatic ring is 1. The molecule has 7 nitrogen and oxygen atoms in total. The summed E-state index contributed by atoms with van der Waals surface area (Å²) in [5, 5.41) is 11.6. The van der Waals surface area contributed by atoms with Gasteiger partial charge in [0, 0.05) is 0 Å². The van der Waals surface area contributed by atoms with Crippen LogP contribution < -0.4 is 16.6 Å². The van der Waals surface area contributed by atoms with Crippen LogP contribution in [-0.2, 0) is 4.79 Å². The molecule has 17 heavy (non-hydrogen) atoms. The van der Waals surface area contributed by atoms with Gasteiger partial charge in [-0.3, -0.25) is 9.59 Å². The molecule has 0 aliphatic heterocycles. The molecule has 0 amide bonds. The zero-order chi connectivity index (χ0) is 12.4. The molecule has 1 aromatic carbocycles. The zero-order valence-electron chi connectivity index (χ0n) is 8.73. The van der Waals surface area contributed by atoms with Gasteiger partial charge in [-0.05, 0) is 12.1 Å². The first-order valence-electron chi connectivity index (χ1n) is 4.80. The molecule has 5 N–H and O–H groups in total. The maximum atomic E-state index is 11.4. The summed E-state index contributed by atoms with van der Waals surface area (Å²) in [6.07, 6.45) is 1.28. The van der Waals surface area contributed by atoms with E-state index in [1.807, 2.05) is 0 Å². The van der Waals surface area contributed by atoms with Crippen LogP contribution in [0.3, 0.4) is 0 Å². The largest absolute Gasteiger partial charge is 0.480 e. The van der Waals surface area contributed by atoms with E-state index in [0.717, 1.165) is 0 Å². The van der Waals surface area contributed by atoms with Crippen molar-refractivity contribution in [3.05, 3.63) is 28.8 Å². The summed E-state index contributed by atoms with van der Waals surface area (Å²) in [6.45, 7) is -0.251. The number of hydrogen-bond acceptors (Lipinski definition) is 5. The van der Waals surface area contributed by atoms with Gasteiger partial charge in [-0.25, -0.2) is 4.98 Å². The summed E-state index contributed by atoms with van der Waals surface area (Å²) in [7, 11) is 0. The van der Waals surface area contributed by atoms with Crippen LogP contribution in [0, 0.1) is 0 Å². The van der Waals surface area contributed by atoms with E-state index in [2.05, 4.69) is 15.3 Å². The molecule has 0 fully saturated rings. The highest BCUT2D eigenvalue weighted by atomic mass is 16.4. The van der Waals surface area contributed by atoms with E-state index < -0.39 is 5.97 Å². The lowest BCUT2D eigenvalue weighted by molar-refractivity contribution is -0.134. The Kier molecular flexibility index (Phi) is 2.65. The standard InChI is InChI=1S/C10H10N4O3/c11-6-1-5-7(13-4-14-10(5)17)2-8(6)12-3-9(15)16/h1-2,4,12H,3,11H2,(H,15,16)(H,13,14,17). The molecule has 2 rings (SSSR count). The number of fused-ring (bicyclic) bond motifs is 1. The molecule has 0 saturated carbocycles. The molecule has 88 valence electrons. The average Bonchev–Trinajstić information content (AvgIpc) is 2.28. The first kappa shape index (κ1) is 10.9. The monoisotopic (exact) mass is 234 g/mol. The third kappa shape index (κ3) is 2.17. The number of carbonyl (C=O) groups is 1. The Morgan fingerprint density at radius 1 is 1.53 bits per heavy atom. The van der Waals surface area contributed by atoms with Gasteiger partial charge in [-0.1, -0.05) is 0 Å². The molecule has 0 unspecified atom stereocenters. The van der Waals surface area contributed by atoms with Gasteiger partial charge < -0.3 is 21.1 Å². The number of rotatable bonds is 3. The number of nitrogens with zero attached hydrogens (tertiary/aromatic N) is 1. The number of aromatic amines is 1. The number of anilines is 2. The van der Waals surface area contributed by atoms with Crippen LogP contribution in [0.2, 0.25) is 0 Å². The number of nitrogens with two attached hydrogens (primary N) is 1. The summed E-state index contributed by atoms with van der Waals surface area (Å²) in [5.74, 6) is -0.997. The van der Waals surface area contributed by atoms with Crippen molar-refractivity contribution in [1.29, 1.82) is 0 Å². The Hall–Kier alpha value is -2.57. The Morgan fingerprint density at radius 3 is 3.00 bits per heavy atom. The maximum absolute atomic E-state index is 11.4. The topological polar surface area (TPSA) is 121 Å². The van der Waals surface area contributed by atoms with Crippen molar-refractivity contribution in [3.63, 3.8) is 0 Å². The van der Waals surface area contributed by atoms with Crippen LogP contribution in [0.1, 0.15) is 0 Å². The lowest BCUT2D eigenvalue weighted by Gasteiger charge is -2.08. The lowest BCUT2D eigenvalue weighted by Crippen LogP contribution is -2.14. The van der Waals surface area contributed by atoms with Crippen molar-refractivity contribution >= 4 is 28.2 Å². The van der Waals surface area contributed by atoms with Crippen LogP contribution in [0.4, 0.5) is 11.4 Å². The third-order valence-corrected chi connectivity index (χ3v) is 2.24. The molecule has 0 spiro atoms. The number of nitrogens with one attached hydrogen (secondary N) is 2. The van der Waals surface area contributed by atoms with Gasteiger partial charge in [-0.2, -0.15) is 0 Å². The molecule has 7 heteroatoms. The van der Waals surface area contributed by atoms with Gasteiger partial charge >= 0.3 is 5.97 Å². The molecule has 1 aromatic heterocycles. The molecule has 1 heterocycles. The zero-order valence-corrected chi connectivity index (χ0v) is 8.73. The predicted octanol–water partition coefficient (Wildman–Crippen LogP) is 0.00180. The van der Waals surface area contributed by atoms with Gasteiger partial charge in [-0.15, -0.1) is 0 Å². The summed E-state index contributed by atoms with van der Waals surface area (Å²) < 4.78 is 0. The fourth-order valence-corrected chi connectivity index (χ4v) is 1.46. The van der Waals surface area contributed by atoms with Crippen LogP contribution in [0.25, 0.3) is 10.9 Å². The highest BCUT2D eigenvalue weighted by molar-refractivity contribution is 5.89. The van der Waals surface area contributed by atoms with Crippen molar-refractivity contribution < 1.29 is 9.90 Å². The summed E-state index contributed by atoms with van der Waals surface area (Å²) in [5.41, 5.74) is 6.62. The highest BCUT2D eigenvalue weighted by Crippen LogP contribution is 2.22. The normalized spacial score (nSPS) is 10.4. The van der Waals surface area contributed by atoms with Gasteiger partial charge in [0.2, 0.25) is 0 Å². The van der Waals surface area contributed by atoms with E-state index in [4.69, 9.17) is 10.8 Å². The number of aliphatic carboxylic acids is 1. The molecule has 0 atom stereocenters. The molecule has 0 radical (unpaired) electrons. The minimum Gasteiger partial charge on any atom is -0.480 e. The van der Waals surface area contributed by atoms with Crippen LogP contribution in [0.15, 0.2) is 23.3 Å². The van der Waals surface area contributed by atoms with Gasteiger partial charge in [0.1, 0.15) is 6.54 Å². The summed E-state index contributed by atoms with van der Waals surface area (Å²) >= 11 is 0. The molecule has 2 aromatic rings. The first-order valence-corrected chi connectivity index (χ1v) is 4.80. The molecular weight excluding hydrogens is 224 g/mol. The summed E-state index contributed by atoms with van der Waals surface area (Å²) in [4.78, 5) is 28.3. The number of carboxylic acid groups (broad SMARTS) is 1. The number of benzene rings is 1. The smallest absolute Gasteiger partial charge is 0.322 e. The molecule has 0 aliphatic carbocycles. The average molecular weight is 234 g/mol. The van der Waals surface area contributed by atoms with Crippen molar-refractivity contribution in [2.75, 3.05) is 17.6 Å². The minimum atomic E-state index is -0.997. The number of carboxylic acids is 1. The Morgan fingerprint density at radius 2 is 2.29 bits per heavy atom. The number of hydrogen-bond donors (Lipinski definition) is 4. The fourth-order valence-electron chi connectivity index (χ4n) is 1.46. The quantitative estimate of drug-likeness (QED) is 0.555. The Bertz CT molecular complexity index is 635. The third-order valence-electron chi connectivity index (χ3n) is 2.24. The minimum absolute atomic E-state index is 0.251. The lowest BCUT2D eigenvalue weighted by atomic mass is 10.2. The molecule has 0 saturated heterocycles. The van der Waals surface area contributed by atoms with Gasteiger partial charge in [0.25, 0.3) is 5.56 Å². The molecule has 0 aliphatic rings. The fraction of sp³-hybridized carbons (Fsp3) is 0.100. The molecule has 0 bridgehead atoms. The maximum Gasteiger partial charge on any atom is 0.322 e. The van der Waals surface area contributed by atoms with E-state index >= 15 is 0 Å². The Balaban J connectivity index is 2.48.